The van der Waals surface area contributed by atoms with E-state index < -0.39 is 0 Å². The van der Waals surface area contributed by atoms with Crippen molar-refractivity contribution in [1.29, 1.82) is 0 Å². The molecule has 0 N–H and O–H groups in total. The van der Waals surface area contributed by atoms with Crippen molar-refractivity contribution in [2.75, 3.05) is 13.7 Å². The van der Waals surface area contributed by atoms with Crippen molar-refractivity contribution < 1.29 is 9.26 Å². The van der Waals surface area contributed by atoms with E-state index in [4.69, 9.17) is 9.26 Å². The maximum absolute atomic E-state index is 5.43. The standard InChI is InChI=1S/C19H22N4O2/c1-14-11-17(21-25-14)19-5-3-9-22(19)13-15-12-16(24-2)6-7-18(15)23-10-4-8-20-23/h4,6-8,10-12,19H,3,5,9,13H2,1-2H3/t19-/m1/s1. The van der Waals surface area contributed by atoms with Gasteiger partial charge in [0.25, 0.3) is 0 Å². The molecule has 0 bridgehead atoms. The number of ether oxygens (including phenoxy) is 1. The topological polar surface area (TPSA) is 56.3 Å². The van der Waals surface area contributed by atoms with E-state index in [0.29, 0.717) is 6.04 Å². The molecular weight excluding hydrogens is 316 g/mol. The minimum absolute atomic E-state index is 0.300. The molecule has 0 spiro atoms. The van der Waals surface area contributed by atoms with Gasteiger partial charge in [-0.1, -0.05) is 5.16 Å². The van der Waals surface area contributed by atoms with E-state index in [1.165, 1.54) is 5.56 Å². The number of hydrogen-bond donors (Lipinski definition) is 0. The maximum Gasteiger partial charge on any atom is 0.133 e. The van der Waals surface area contributed by atoms with Crippen LogP contribution in [-0.4, -0.2) is 33.5 Å². The molecule has 6 nitrogen and oxygen atoms in total. The van der Waals surface area contributed by atoms with Crippen molar-refractivity contribution in [3.63, 3.8) is 0 Å². The Bertz CT molecular complexity index is 841. The van der Waals surface area contributed by atoms with Crippen LogP contribution in [0.25, 0.3) is 5.69 Å². The Kier molecular flexibility index (Phi) is 4.28. The molecule has 1 saturated heterocycles. The molecule has 2 aromatic heterocycles. The summed E-state index contributed by atoms with van der Waals surface area (Å²) in [7, 11) is 1.70. The van der Waals surface area contributed by atoms with Crippen LogP contribution >= 0.6 is 0 Å². The molecule has 1 aliphatic heterocycles. The first kappa shape index (κ1) is 15.9. The Morgan fingerprint density at radius 3 is 2.96 bits per heavy atom. The molecule has 1 fully saturated rings. The zero-order valence-corrected chi connectivity index (χ0v) is 14.6. The van der Waals surface area contributed by atoms with Gasteiger partial charge >= 0.3 is 0 Å². The van der Waals surface area contributed by atoms with Gasteiger partial charge in [0.1, 0.15) is 17.2 Å². The van der Waals surface area contributed by atoms with Crippen LogP contribution in [0.5, 0.6) is 5.75 Å². The molecule has 0 unspecified atom stereocenters. The quantitative estimate of drug-likeness (QED) is 0.712. The Morgan fingerprint density at radius 1 is 1.32 bits per heavy atom. The highest BCUT2D eigenvalue weighted by Gasteiger charge is 2.29. The van der Waals surface area contributed by atoms with Crippen molar-refractivity contribution >= 4 is 0 Å². The summed E-state index contributed by atoms with van der Waals surface area (Å²) in [5, 5.41) is 8.62. The predicted molar refractivity (Wildman–Crippen MR) is 93.7 cm³/mol. The Hall–Kier alpha value is -2.60. The Morgan fingerprint density at radius 2 is 2.24 bits per heavy atom. The summed E-state index contributed by atoms with van der Waals surface area (Å²) in [6, 6.07) is 10.4. The molecule has 0 radical (unpaired) electrons. The van der Waals surface area contributed by atoms with Gasteiger partial charge < -0.3 is 9.26 Å². The smallest absolute Gasteiger partial charge is 0.133 e. The molecule has 1 aliphatic rings. The van der Waals surface area contributed by atoms with Crippen LogP contribution < -0.4 is 4.74 Å². The summed E-state index contributed by atoms with van der Waals surface area (Å²) in [5.41, 5.74) is 3.29. The third-order valence-corrected chi connectivity index (χ3v) is 4.76. The van der Waals surface area contributed by atoms with Crippen LogP contribution in [0.1, 0.15) is 35.9 Å². The van der Waals surface area contributed by atoms with Crippen LogP contribution in [0.2, 0.25) is 0 Å². The van der Waals surface area contributed by atoms with Crippen LogP contribution in [0.4, 0.5) is 0 Å². The molecule has 0 aliphatic carbocycles. The molecule has 4 rings (SSSR count). The van der Waals surface area contributed by atoms with Gasteiger partial charge in [0.05, 0.1) is 18.8 Å². The fraction of sp³-hybridized carbons (Fsp3) is 0.368. The average molecular weight is 338 g/mol. The van der Waals surface area contributed by atoms with E-state index >= 15 is 0 Å². The molecule has 1 aromatic carbocycles. The number of benzene rings is 1. The molecule has 0 saturated carbocycles. The summed E-state index contributed by atoms with van der Waals surface area (Å²) >= 11 is 0. The number of likely N-dealkylation sites (tertiary alicyclic amines) is 1. The average Bonchev–Trinajstić information content (AvgIpc) is 3.36. The largest absolute Gasteiger partial charge is 0.497 e. The Labute approximate surface area is 147 Å². The molecule has 0 amide bonds. The van der Waals surface area contributed by atoms with Gasteiger partial charge in [-0.05, 0) is 56.1 Å². The lowest BCUT2D eigenvalue weighted by Crippen LogP contribution is -2.24. The molecule has 25 heavy (non-hydrogen) atoms. The molecule has 3 heterocycles. The minimum atomic E-state index is 0.300. The summed E-state index contributed by atoms with van der Waals surface area (Å²) in [5.74, 6) is 1.72. The van der Waals surface area contributed by atoms with Gasteiger partial charge in [0, 0.05) is 25.0 Å². The number of aromatic nitrogens is 3. The van der Waals surface area contributed by atoms with Crippen LogP contribution in [0.15, 0.2) is 47.2 Å². The van der Waals surface area contributed by atoms with Gasteiger partial charge in [-0.2, -0.15) is 5.10 Å². The lowest BCUT2D eigenvalue weighted by Gasteiger charge is -2.24. The number of rotatable bonds is 5. The fourth-order valence-electron chi connectivity index (χ4n) is 3.56. The second-order valence-corrected chi connectivity index (χ2v) is 6.44. The van der Waals surface area contributed by atoms with Crippen molar-refractivity contribution in [2.45, 2.75) is 32.4 Å². The highest BCUT2D eigenvalue weighted by atomic mass is 16.5. The first-order valence-electron chi connectivity index (χ1n) is 8.59. The van der Waals surface area contributed by atoms with E-state index in [1.807, 2.05) is 36.0 Å². The molecule has 6 heteroatoms. The van der Waals surface area contributed by atoms with Gasteiger partial charge in [-0.15, -0.1) is 0 Å². The lowest BCUT2D eigenvalue weighted by atomic mass is 10.1. The molecular formula is C19H22N4O2. The maximum atomic E-state index is 5.43. The van der Waals surface area contributed by atoms with E-state index in [9.17, 15) is 0 Å². The van der Waals surface area contributed by atoms with Crippen LogP contribution in [0, 0.1) is 6.92 Å². The van der Waals surface area contributed by atoms with Crippen molar-refractivity contribution in [3.05, 3.63) is 59.7 Å². The van der Waals surface area contributed by atoms with Gasteiger partial charge in [-0.25, -0.2) is 4.68 Å². The third-order valence-electron chi connectivity index (χ3n) is 4.76. The van der Waals surface area contributed by atoms with Crippen molar-refractivity contribution in [3.8, 4) is 11.4 Å². The fourth-order valence-corrected chi connectivity index (χ4v) is 3.56. The van der Waals surface area contributed by atoms with E-state index in [-0.39, 0.29) is 0 Å². The summed E-state index contributed by atoms with van der Waals surface area (Å²) in [6.07, 6.45) is 6.03. The first-order valence-corrected chi connectivity index (χ1v) is 8.59. The molecule has 3 aromatic rings. The number of aryl methyl sites for hydroxylation is 1. The zero-order chi connectivity index (χ0) is 17.2. The highest BCUT2D eigenvalue weighted by Crippen LogP contribution is 2.34. The minimum Gasteiger partial charge on any atom is -0.497 e. The first-order chi connectivity index (χ1) is 12.2. The summed E-state index contributed by atoms with van der Waals surface area (Å²) in [6.45, 7) is 3.81. The van der Waals surface area contributed by atoms with Crippen molar-refractivity contribution in [1.82, 2.24) is 19.8 Å². The summed E-state index contributed by atoms with van der Waals surface area (Å²) < 4.78 is 12.6. The van der Waals surface area contributed by atoms with Crippen LogP contribution in [-0.2, 0) is 6.54 Å². The number of nitrogens with zero attached hydrogens (tertiary/aromatic N) is 4. The van der Waals surface area contributed by atoms with Gasteiger partial charge in [-0.3, -0.25) is 4.90 Å². The Balaban J connectivity index is 1.65. The highest BCUT2D eigenvalue weighted by molar-refractivity contribution is 5.45. The zero-order valence-electron chi connectivity index (χ0n) is 14.6. The van der Waals surface area contributed by atoms with E-state index in [0.717, 1.165) is 48.8 Å². The molecule has 130 valence electrons. The SMILES string of the molecule is COc1ccc(-n2cccn2)c(CN2CCC[C@@H]2c2cc(C)on2)c1. The number of hydrogen-bond acceptors (Lipinski definition) is 5. The van der Waals surface area contributed by atoms with Gasteiger partial charge in [0.2, 0.25) is 0 Å². The second-order valence-electron chi connectivity index (χ2n) is 6.44. The van der Waals surface area contributed by atoms with E-state index in [1.54, 1.807) is 13.3 Å². The lowest BCUT2D eigenvalue weighted by molar-refractivity contribution is 0.236. The normalized spacial score (nSPS) is 17.9. The molecule has 1 atom stereocenters. The number of methoxy groups -OCH3 is 1. The second kappa shape index (κ2) is 6.72. The third kappa shape index (κ3) is 3.17. The van der Waals surface area contributed by atoms with Crippen molar-refractivity contribution in [2.24, 2.45) is 0 Å². The van der Waals surface area contributed by atoms with Gasteiger partial charge in [0.15, 0.2) is 0 Å². The van der Waals surface area contributed by atoms with Crippen LogP contribution in [0.3, 0.4) is 0 Å². The van der Waals surface area contributed by atoms with E-state index in [2.05, 4.69) is 27.3 Å². The monoisotopic (exact) mass is 338 g/mol. The summed E-state index contributed by atoms with van der Waals surface area (Å²) in [4.78, 5) is 2.46. The predicted octanol–water partition coefficient (Wildman–Crippen LogP) is 3.51.